The van der Waals surface area contributed by atoms with Crippen LogP contribution in [0, 0.1) is 11.3 Å². The standard InChI is InChI=1S/C9H20N4/c1-7(2)9(5-6-9)8(12-11-3)13(4)10/h7,11H,5-6,10H2,1-4H3. The molecule has 0 amide bonds. The molecule has 0 spiro atoms. The summed E-state index contributed by atoms with van der Waals surface area (Å²) >= 11 is 0. The zero-order valence-electron chi connectivity index (χ0n) is 8.96. The van der Waals surface area contributed by atoms with Gasteiger partial charge in [-0.3, -0.25) is 5.01 Å². The fraction of sp³-hybridized carbons (Fsp3) is 0.889. The van der Waals surface area contributed by atoms with Gasteiger partial charge in [-0.05, 0) is 18.8 Å². The van der Waals surface area contributed by atoms with Crippen LogP contribution in [0.25, 0.3) is 0 Å². The lowest BCUT2D eigenvalue weighted by Crippen LogP contribution is -2.42. The Bertz CT molecular complexity index is 204. The average Bonchev–Trinajstić information content (AvgIpc) is 2.79. The first-order valence-corrected chi connectivity index (χ1v) is 4.78. The molecule has 0 bridgehead atoms. The van der Waals surface area contributed by atoms with Crippen LogP contribution in [0.15, 0.2) is 5.10 Å². The first kappa shape index (κ1) is 10.3. The van der Waals surface area contributed by atoms with Crippen LogP contribution in [0.5, 0.6) is 0 Å². The Morgan fingerprint density at radius 3 is 2.31 bits per heavy atom. The van der Waals surface area contributed by atoms with E-state index in [4.69, 9.17) is 5.84 Å². The number of nitrogens with one attached hydrogen (secondary N) is 1. The Balaban J connectivity index is 2.82. The molecule has 4 nitrogen and oxygen atoms in total. The largest absolute Gasteiger partial charge is 0.311 e. The van der Waals surface area contributed by atoms with E-state index in [1.807, 2.05) is 7.05 Å². The molecule has 0 aromatic heterocycles. The summed E-state index contributed by atoms with van der Waals surface area (Å²) in [6, 6.07) is 0. The van der Waals surface area contributed by atoms with Crippen molar-refractivity contribution in [3.8, 4) is 0 Å². The highest BCUT2D eigenvalue weighted by Crippen LogP contribution is 2.53. The van der Waals surface area contributed by atoms with E-state index in [-0.39, 0.29) is 5.41 Å². The number of hydrazine groups is 1. The maximum atomic E-state index is 5.75. The van der Waals surface area contributed by atoms with Crippen LogP contribution in [0.1, 0.15) is 26.7 Å². The Morgan fingerprint density at radius 2 is 2.08 bits per heavy atom. The van der Waals surface area contributed by atoms with E-state index >= 15 is 0 Å². The lowest BCUT2D eigenvalue weighted by Gasteiger charge is -2.26. The van der Waals surface area contributed by atoms with E-state index < -0.39 is 0 Å². The van der Waals surface area contributed by atoms with Gasteiger partial charge in [-0.1, -0.05) is 13.8 Å². The van der Waals surface area contributed by atoms with Gasteiger partial charge in [0.2, 0.25) is 0 Å². The van der Waals surface area contributed by atoms with Crippen molar-refractivity contribution in [2.45, 2.75) is 26.7 Å². The highest BCUT2D eigenvalue weighted by Gasteiger charge is 2.51. The number of nitrogens with two attached hydrogens (primary N) is 1. The average molecular weight is 184 g/mol. The van der Waals surface area contributed by atoms with Crippen molar-refractivity contribution in [1.82, 2.24) is 10.4 Å². The molecule has 0 atom stereocenters. The summed E-state index contributed by atoms with van der Waals surface area (Å²) in [6.45, 7) is 4.45. The number of hydrogen-bond donors (Lipinski definition) is 2. The smallest absolute Gasteiger partial charge is 0.144 e. The zero-order chi connectivity index (χ0) is 10.1. The molecule has 4 heteroatoms. The first-order valence-electron chi connectivity index (χ1n) is 4.78. The fourth-order valence-electron chi connectivity index (χ4n) is 1.84. The van der Waals surface area contributed by atoms with Gasteiger partial charge in [-0.25, -0.2) is 5.84 Å². The highest BCUT2D eigenvalue weighted by atomic mass is 15.5. The van der Waals surface area contributed by atoms with Crippen LogP contribution < -0.4 is 11.3 Å². The van der Waals surface area contributed by atoms with E-state index in [0.717, 1.165) is 5.84 Å². The Kier molecular flexibility index (Phi) is 2.81. The maximum Gasteiger partial charge on any atom is 0.144 e. The summed E-state index contributed by atoms with van der Waals surface area (Å²) in [5, 5.41) is 5.88. The second-order valence-corrected chi connectivity index (χ2v) is 4.08. The molecule has 0 aromatic rings. The minimum absolute atomic E-state index is 0.229. The number of hydrogen-bond acceptors (Lipinski definition) is 3. The number of hydrazone groups is 1. The molecule has 1 fully saturated rings. The van der Waals surface area contributed by atoms with Crippen LogP contribution in [0.3, 0.4) is 0 Å². The third-order valence-corrected chi connectivity index (χ3v) is 2.89. The molecule has 0 heterocycles. The quantitative estimate of drug-likeness (QED) is 0.295. The monoisotopic (exact) mass is 184 g/mol. The summed E-state index contributed by atoms with van der Waals surface area (Å²) in [5.41, 5.74) is 3.05. The SMILES string of the molecule is CNN=C(N(C)N)C1(C(C)C)CC1. The van der Waals surface area contributed by atoms with Crippen LogP contribution >= 0.6 is 0 Å². The Hall–Kier alpha value is -0.770. The number of rotatable bonds is 3. The number of amidine groups is 1. The summed E-state index contributed by atoms with van der Waals surface area (Å²) in [4.78, 5) is 0. The zero-order valence-corrected chi connectivity index (χ0v) is 8.96. The summed E-state index contributed by atoms with van der Waals surface area (Å²) in [6.07, 6.45) is 2.40. The molecule has 76 valence electrons. The van der Waals surface area contributed by atoms with Gasteiger partial charge in [0, 0.05) is 19.5 Å². The molecule has 1 rings (SSSR count). The van der Waals surface area contributed by atoms with E-state index in [1.54, 1.807) is 12.1 Å². The molecule has 0 aromatic carbocycles. The van der Waals surface area contributed by atoms with E-state index in [1.165, 1.54) is 12.8 Å². The van der Waals surface area contributed by atoms with Gasteiger partial charge in [0.05, 0.1) is 0 Å². The van der Waals surface area contributed by atoms with Crippen LogP contribution in [-0.4, -0.2) is 24.9 Å². The van der Waals surface area contributed by atoms with E-state index in [0.29, 0.717) is 5.92 Å². The van der Waals surface area contributed by atoms with Crippen LogP contribution in [0.4, 0.5) is 0 Å². The molecule has 13 heavy (non-hydrogen) atoms. The molecular weight excluding hydrogens is 164 g/mol. The van der Waals surface area contributed by atoms with Crippen molar-refractivity contribution in [3.63, 3.8) is 0 Å². The molecular formula is C9H20N4. The van der Waals surface area contributed by atoms with Crippen LogP contribution in [0.2, 0.25) is 0 Å². The van der Waals surface area contributed by atoms with Crippen molar-refractivity contribution < 1.29 is 0 Å². The Labute approximate surface area is 80.1 Å². The molecule has 1 aliphatic carbocycles. The van der Waals surface area contributed by atoms with Crippen molar-refractivity contribution >= 4 is 5.84 Å². The molecule has 1 saturated carbocycles. The topological polar surface area (TPSA) is 53.7 Å². The van der Waals surface area contributed by atoms with Gasteiger partial charge in [-0.15, -0.1) is 0 Å². The molecule has 0 saturated heterocycles. The third-order valence-electron chi connectivity index (χ3n) is 2.89. The maximum absolute atomic E-state index is 5.75. The molecule has 3 N–H and O–H groups in total. The third kappa shape index (κ3) is 1.77. The molecule has 0 radical (unpaired) electrons. The van der Waals surface area contributed by atoms with E-state index in [9.17, 15) is 0 Å². The summed E-state index contributed by atoms with van der Waals surface area (Å²) in [5.74, 6) is 7.33. The predicted octanol–water partition coefficient (Wildman–Crippen LogP) is 0.761. The molecule has 0 aliphatic heterocycles. The molecule has 0 unspecified atom stereocenters. The second-order valence-electron chi connectivity index (χ2n) is 4.08. The number of nitrogens with zero attached hydrogens (tertiary/aromatic N) is 2. The predicted molar refractivity (Wildman–Crippen MR) is 55.0 cm³/mol. The Morgan fingerprint density at radius 1 is 1.54 bits per heavy atom. The lowest BCUT2D eigenvalue weighted by molar-refractivity contribution is 0.399. The van der Waals surface area contributed by atoms with Gasteiger partial charge in [0.25, 0.3) is 0 Å². The summed E-state index contributed by atoms with van der Waals surface area (Å²) in [7, 11) is 3.65. The van der Waals surface area contributed by atoms with Gasteiger partial charge < -0.3 is 5.43 Å². The van der Waals surface area contributed by atoms with Crippen molar-refractivity contribution in [1.29, 1.82) is 0 Å². The minimum Gasteiger partial charge on any atom is -0.311 e. The normalized spacial score (nSPS) is 20.3. The van der Waals surface area contributed by atoms with Crippen LogP contribution in [-0.2, 0) is 0 Å². The van der Waals surface area contributed by atoms with Crippen molar-refractivity contribution in [3.05, 3.63) is 0 Å². The lowest BCUT2D eigenvalue weighted by atomic mass is 9.91. The van der Waals surface area contributed by atoms with Crippen molar-refractivity contribution in [2.24, 2.45) is 22.3 Å². The van der Waals surface area contributed by atoms with Gasteiger partial charge >= 0.3 is 0 Å². The molecule has 1 aliphatic rings. The highest BCUT2D eigenvalue weighted by molar-refractivity contribution is 5.90. The van der Waals surface area contributed by atoms with Crippen molar-refractivity contribution in [2.75, 3.05) is 14.1 Å². The summed E-state index contributed by atoms with van der Waals surface area (Å²) < 4.78 is 0. The van der Waals surface area contributed by atoms with Gasteiger partial charge in [0.1, 0.15) is 5.84 Å². The van der Waals surface area contributed by atoms with E-state index in [2.05, 4.69) is 24.4 Å². The van der Waals surface area contributed by atoms with Gasteiger partial charge in [-0.2, -0.15) is 5.10 Å². The second kappa shape index (κ2) is 3.54. The van der Waals surface area contributed by atoms with Gasteiger partial charge in [0.15, 0.2) is 0 Å². The first-order chi connectivity index (χ1) is 6.04. The fourth-order valence-corrected chi connectivity index (χ4v) is 1.84. The minimum atomic E-state index is 0.229.